The van der Waals surface area contributed by atoms with Crippen molar-refractivity contribution in [2.75, 3.05) is 18.8 Å². The van der Waals surface area contributed by atoms with Gasteiger partial charge in [-0.05, 0) is 30.5 Å². The molecule has 0 radical (unpaired) electrons. The summed E-state index contributed by atoms with van der Waals surface area (Å²) in [5.41, 5.74) is 0.673. The summed E-state index contributed by atoms with van der Waals surface area (Å²) < 4.78 is 5.22. The number of carboxylic acid groups (broad SMARTS) is 1. The summed E-state index contributed by atoms with van der Waals surface area (Å²) in [7, 11) is 0. The molecule has 9 heteroatoms. The Morgan fingerprint density at radius 3 is 2.46 bits per heavy atom. The van der Waals surface area contributed by atoms with Gasteiger partial charge >= 0.3 is 12.1 Å². The maximum absolute atomic E-state index is 12.0. The Morgan fingerprint density at radius 1 is 1.29 bits per heavy atom. The highest BCUT2D eigenvalue weighted by Crippen LogP contribution is 2.23. The zero-order chi connectivity index (χ0) is 17.5. The fourth-order valence-electron chi connectivity index (χ4n) is 2.34. The first-order valence-electron chi connectivity index (χ1n) is 7.44. The van der Waals surface area contributed by atoms with Crippen molar-refractivity contribution in [1.29, 1.82) is 0 Å². The van der Waals surface area contributed by atoms with Gasteiger partial charge in [0.15, 0.2) is 0 Å². The SMILES string of the molecule is O=C(O)CSC1CCN(C(=O)OCc2ccc([N+](=O)[O-])cc2)CC1. The molecule has 1 heterocycles. The number of likely N-dealkylation sites (tertiary alicyclic amines) is 1. The Morgan fingerprint density at radius 2 is 1.92 bits per heavy atom. The van der Waals surface area contributed by atoms with Crippen LogP contribution in [-0.4, -0.2) is 51.1 Å². The molecule has 0 spiro atoms. The van der Waals surface area contributed by atoms with Crippen LogP contribution in [0.2, 0.25) is 0 Å². The first-order chi connectivity index (χ1) is 11.5. The maximum atomic E-state index is 12.0. The zero-order valence-corrected chi connectivity index (χ0v) is 13.7. The van der Waals surface area contributed by atoms with E-state index in [2.05, 4.69) is 0 Å². The Kier molecular flexibility index (Phi) is 6.42. The molecule has 1 fully saturated rings. The van der Waals surface area contributed by atoms with Crippen LogP contribution in [0.4, 0.5) is 10.5 Å². The lowest BCUT2D eigenvalue weighted by molar-refractivity contribution is -0.384. The number of carbonyl (C=O) groups excluding carboxylic acids is 1. The van der Waals surface area contributed by atoms with Crippen molar-refractivity contribution in [3.8, 4) is 0 Å². The molecule has 2 rings (SSSR count). The predicted molar refractivity (Wildman–Crippen MR) is 88.0 cm³/mol. The standard InChI is InChI=1S/C15H18N2O6S/c18-14(19)10-24-13-5-7-16(8-6-13)15(20)23-9-11-1-3-12(4-2-11)17(21)22/h1-4,13H,5-10H2,(H,18,19). The third-order valence-electron chi connectivity index (χ3n) is 3.65. The summed E-state index contributed by atoms with van der Waals surface area (Å²) in [4.78, 5) is 34.3. The molecule has 1 aromatic rings. The smallest absolute Gasteiger partial charge is 0.410 e. The van der Waals surface area contributed by atoms with Gasteiger partial charge in [0.2, 0.25) is 0 Å². The number of non-ortho nitro benzene ring substituents is 1. The Hall–Kier alpha value is -2.29. The van der Waals surface area contributed by atoms with Crippen LogP contribution in [0.3, 0.4) is 0 Å². The highest BCUT2D eigenvalue weighted by molar-refractivity contribution is 8.00. The van der Waals surface area contributed by atoms with E-state index in [-0.39, 0.29) is 23.3 Å². The minimum absolute atomic E-state index is 0.00832. The van der Waals surface area contributed by atoms with Gasteiger partial charge in [0.05, 0.1) is 10.7 Å². The molecule has 24 heavy (non-hydrogen) atoms. The summed E-state index contributed by atoms with van der Waals surface area (Å²) in [6.45, 7) is 1.14. The van der Waals surface area contributed by atoms with Crippen molar-refractivity contribution >= 4 is 29.5 Å². The minimum atomic E-state index is -0.829. The van der Waals surface area contributed by atoms with Crippen LogP contribution in [-0.2, 0) is 16.1 Å². The zero-order valence-electron chi connectivity index (χ0n) is 12.9. The predicted octanol–water partition coefficient (Wildman–Crippen LogP) is 2.51. The number of thioether (sulfide) groups is 1. The number of nitro groups is 1. The molecular weight excluding hydrogens is 336 g/mol. The van der Waals surface area contributed by atoms with E-state index < -0.39 is 17.0 Å². The molecule has 0 bridgehead atoms. The van der Waals surface area contributed by atoms with Gasteiger partial charge in [-0.15, -0.1) is 11.8 Å². The van der Waals surface area contributed by atoms with E-state index in [4.69, 9.17) is 9.84 Å². The summed E-state index contributed by atoms with van der Waals surface area (Å²) in [5.74, 6) is -0.750. The van der Waals surface area contributed by atoms with Gasteiger partial charge in [0, 0.05) is 30.5 Å². The van der Waals surface area contributed by atoms with Crippen molar-refractivity contribution in [2.24, 2.45) is 0 Å². The van der Waals surface area contributed by atoms with E-state index in [9.17, 15) is 19.7 Å². The first kappa shape index (κ1) is 18.1. The second-order valence-electron chi connectivity index (χ2n) is 5.37. The summed E-state index contributed by atoms with van der Waals surface area (Å²) in [5, 5.41) is 19.5. The molecular formula is C15H18N2O6S. The number of hydrogen-bond donors (Lipinski definition) is 1. The number of nitrogens with zero attached hydrogens (tertiary/aromatic N) is 2. The van der Waals surface area contributed by atoms with Crippen molar-refractivity contribution < 1.29 is 24.4 Å². The maximum Gasteiger partial charge on any atom is 0.410 e. The quantitative estimate of drug-likeness (QED) is 0.617. The Labute approximate surface area is 142 Å². The van der Waals surface area contributed by atoms with Gasteiger partial charge in [-0.2, -0.15) is 0 Å². The lowest BCUT2D eigenvalue weighted by atomic mass is 10.1. The highest BCUT2D eigenvalue weighted by Gasteiger charge is 2.24. The molecule has 8 nitrogen and oxygen atoms in total. The number of nitro benzene ring substituents is 1. The first-order valence-corrected chi connectivity index (χ1v) is 8.49. The number of amides is 1. The van der Waals surface area contributed by atoms with Crippen LogP contribution in [0.25, 0.3) is 0 Å². The van der Waals surface area contributed by atoms with Gasteiger partial charge < -0.3 is 14.7 Å². The van der Waals surface area contributed by atoms with E-state index in [1.165, 1.54) is 23.9 Å². The van der Waals surface area contributed by atoms with Crippen molar-refractivity contribution in [3.05, 3.63) is 39.9 Å². The van der Waals surface area contributed by atoms with E-state index in [1.54, 1.807) is 17.0 Å². The summed E-state index contributed by atoms with van der Waals surface area (Å²) in [6.07, 6.45) is 1.06. The second-order valence-corrected chi connectivity index (χ2v) is 6.66. The van der Waals surface area contributed by atoms with Crippen molar-refractivity contribution in [2.45, 2.75) is 24.7 Å². The lowest BCUT2D eigenvalue weighted by Gasteiger charge is -2.30. The van der Waals surface area contributed by atoms with Crippen LogP contribution in [0.15, 0.2) is 24.3 Å². The largest absolute Gasteiger partial charge is 0.481 e. The van der Waals surface area contributed by atoms with Crippen LogP contribution in [0.1, 0.15) is 18.4 Å². The average molecular weight is 354 g/mol. The van der Waals surface area contributed by atoms with Crippen molar-refractivity contribution in [3.63, 3.8) is 0 Å². The van der Waals surface area contributed by atoms with Crippen LogP contribution < -0.4 is 0 Å². The second kappa shape index (κ2) is 8.53. The van der Waals surface area contributed by atoms with Gasteiger partial charge in [0.1, 0.15) is 6.61 Å². The molecule has 1 saturated heterocycles. The summed E-state index contributed by atoms with van der Waals surface area (Å²) in [6, 6.07) is 5.85. The van der Waals surface area contributed by atoms with Crippen LogP contribution in [0.5, 0.6) is 0 Å². The molecule has 1 aliphatic heterocycles. The fourth-order valence-corrected chi connectivity index (χ4v) is 3.27. The van der Waals surface area contributed by atoms with Gasteiger partial charge in [-0.3, -0.25) is 14.9 Å². The number of hydrogen-bond acceptors (Lipinski definition) is 6. The average Bonchev–Trinajstić information content (AvgIpc) is 2.58. The number of carboxylic acids is 1. The van der Waals surface area contributed by atoms with Gasteiger partial charge in [-0.25, -0.2) is 4.79 Å². The Bertz CT molecular complexity index is 598. The molecule has 1 N–H and O–H groups in total. The number of ether oxygens (including phenoxy) is 1. The van der Waals surface area contributed by atoms with E-state index in [0.29, 0.717) is 18.7 Å². The molecule has 1 amide bonds. The molecule has 1 aliphatic rings. The van der Waals surface area contributed by atoms with Gasteiger partial charge in [-0.1, -0.05) is 0 Å². The minimum Gasteiger partial charge on any atom is -0.481 e. The van der Waals surface area contributed by atoms with Crippen molar-refractivity contribution in [1.82, 2.24) is 4.90 Å². The molecule has 0 unspecified atom stereocenters. The highest BCUT2D eigenvalue weighted by atomic mass is 32.2. The normalized spacial score (nSPS) is 15.1. The van der Waals surface area contributed by atoms with Crippen LogP contribution in [0, 0.1) is 10.1 Å². The monoisotopic (exact) mass is 354 g/mol. The van der Waals surface area contributed by atoms with Gasteiger partial charge in [0.25, 0.3) is 5.69 Å². The number of rotatable bonds is 6. The summed E-state index contributed by atoms with van der Waals surface area (Å²) >= 11 is 1.40. The topological polar surface area (TPSA) is 110 Å². The Balaban J connectivity index is 1.73. The molecule has 1 aromatic carbocycles. The molecule has 0 atom stereocenters. The molecule has 0 aromatic heterocycles. The third kappa shape index (κ3) is 5.41. The number of piperidine rings is 1. The van der Waals surface area contributed by atoms with E-state index in [0.717, 1.165) is 12.8 Å². The molecule has 130 valence electrons. The molecule has 0 aliphatic carbocycles. The van der Waals surface area contributed by atoms with E-state index >= 15 is 0 Å². The number of aliphatic carboxylic acids is 1. The third-order valence-corrected chi connectivity index (χ3v) is 5.01. The number of carbonyl (C=O) groups is 2. The van der Waals surface area contributed by atoms with E-state index in [1.807, 2.05) is 0 Å². The fraction of sp³-hybridized carbons (Fsp3) is 0.467. The molecule has 0 saturated carbocycles. The van der Waals surface area contributed by atoms with Crippen LogP contribution >= 0.6 is 11.8 Å². The number of benzene rings is 1. The lowest BCUT2D eigenvalue weighted by Crippen LogP contribution is -2.39.